The summed E-state index contributed by atoms with van der Waals surface area (Å²) in [5.41, 5.74) is 2.82. The van der Waals surface area contributed by atoms with Gasteiger partial charge >= 0.3 is 0 Å². The zero-order valence-corrected chi connectivity index (χ0v) is 12.3. The first-order chi connectivity index (χ1) is 11.8. The molecule has 0 N–H and O–H groups in total. The highest BCUT2D eigenvalue weighted by atomic mass is 19.1. The fraction of sp³-hybridized carbons (Fsp3) is 0. The number of hydrogen-bond donors (Lipinski definition) is 0. The lowest BCUT2D eigenvalue weighted by atomic mass is 10.1. The molecule has 0 spiro atoms. The Balaban J connectivity index is 1.93. The summed E-state index contributed by atoms with van der Waals surface area (Å²) in [5, 5.41) is 4.46. The molecule has 4 aromatic heterocycles. The number of rotatable bonds is 2. The Labute approximate surface area is 136 Å². The van der Waals surface area contributed by atoms with Crippen LogP contribution >= 0.6 is 0 Å². The van der Waals surface area contributed by atoms with Crippen LogP contribution in [0.25, 0.3) is 33.1 Å². The average molecular weight is 316 g/mol. The lowest BCUT2D eigenvalue weighted by molar-refractivity contribution is 0.626. The molecule has 0 aliphatic carbocycles. The van der Waals surface area contributed by atoms with Gasteiger partial charge in [-0.15, -0.1) is 4.52 Å². The summed E-state index contributed by atoms with van der Waals surface area (Å²) in [5.74, 6) is -0.0638. The molecule has 0 aliphatic rings. The first-order valence-electron chi connectivity index (χ1n) is 7.06. The number of fused-ring (bicyclic) bond motifs is 1. The van der Waals surface area contributed by atoms with E-state index in [9.17, 15) is 4.39 Å². The number of aromatic nitrogens is 5. The van der Waals surface area contributed by atoms with E-state index in [4.69, 9.17) is 6.57 Å². The summed E-state index contributed by atoms with van der Waals surface area (Å²) in [4.78, 5) is 16.0. The number of nitrogens with zero attached hydrogens (tertiary/aromatic N) is 6. The Morgan fingerprint density at radius 2 is 1.92 bits per heavy atom. The maximum atomic E-state index is 13.5. The van der Waals surface area contributed by atoms with E-state index in [1.165, 1.54) is 29.0 Å². The van der Waals surface area contributed by atoms with E-state index in [0.717, 1.165) is 0 Å². The zero-order valence-electron chi connectivity index (χ0n) is 12.3. The molecule has 0 aromatic carbocycles. The first kappa shape index (κ1) is 14.0. The van der Waals surface area contributed by atoms with Crippen LogP contribution in [0.1, 0.15) is 0 Å². The van der Waals surface area contributed by atoms with Gasteiger partial charge in [0, 0.05) is 30.1 Å². The minimum Gasteiger partial charge on any atom is -0.360 e. The Kier molecular flexibility index (Phi) is 3.21. The van der Waals surface area contributed by atoms with Crippen molar-refractivity contribution < 1.29 is 4.39 Å². The van der Waals surface area contributed by atoms with Crippen LogP contribution in [0.5, 0.6) is 0 Å². The molecule has 6 nitrogen and oxygen atoms in total. The minimum absolute atomic E-state index is 0.321. The molecular weight excluding hydrogens is 307 g/mol. The van der Waals surface area contributed by atoms with Gasteiger partial charge < -0.3 is 4.85 Å². The van der Waals surface area contributed by atoms with Crippen LogP contribution in [0.15, 0.2) is 55.0 Å². The predicted molar refractivity (Wildman–Crippen MR) is 85.7 cm³/mol. The van der Waals surface area contributed by atoms with E-state index in [-0.39, 0.29) is 5.82 Å². The second-order valence-electron chi connectivity index (χ2n) is 4.98. The Hall–Kier alpha value is -3.66. The standard InChI is InChI=1S/C17H9FN6/c1-19-16-10-22-15-5-4-13(23-24(15)16)12-3-2-7-21-17(12)14-9-11(18)6-8-20-14/h2-10H. The van der Waals surface area contributed by atoms with Crippen LogP contribution < -0.4 is 0 Å². The van der Waals surface area contributed by atoms with Gasteiger partial charge in [0.15, 0.2) is 0 Å². The van der Waals surface area contributed by atoms with Crippen LogP contribution in [0.2, 0.25) is 0 Å². The van der Waals surface area contributed by atoms with Crippen molar-refractivity contribution >= 4 is 11.5 Å². The lowest BCUT2D eigenvalue weighted by Gasteiger charge is -2.07. The van der Waals surface area contributed by atoms with Gasteiger partial charge in [-0.1, -0.05) is 11.7 Å². The molecule has 4 heterocycles. The molecule has 0 unspecified atom stereocenters. The topological polar surface area (TPSA) is 60.3 Å². The summed E-state index contributed by atoms with van der Waals surface area (Å²) >= 11 is 0. The first-order valence-corrected chi connectivity index (χ1v) is 7.06. The highest BCUT2D eigenvalue weighted by Crippen LogP contribution is 2.28. The summed E-state index contributed by atoms with van der Waals surface area (Å²) in [6, 6.07) is 9.77. The summed E-state index contributed by atoms with van der Waals surface area (Å²) in [7, 11) is 0. The van der Waals surface area contributed by atoms with E-state index in [0.29, 0.717) is 34.1 Å². The summed E-state index contributed by atoms with van der Waals surface area (Å²) < 4.78 is 15.0. The largest absolute Gasteiger partial charge is 0.360 e. The molecule has 7 heteroatoms. The fourth-order valence-corrected chi connectivity index (χ4v) is 2.43. The van der Waals surface area contributed by atoms with Crippen molar-refractivity contribution in [2.24, 2.45) is 0 Å². The summed E-state index contributed by atoms with van der Waals surface area (Å²) in [6.07, 6.45) is 4.48. The van der Waals surface area contributed by atoms with Gasteiger partial charge in [-0.2, -0.15) is 0 Å². The lowest BCUT2D eigenvalue weighted by Crippen LogP contribution is -1.97. The SMILES string of the molecule is [C-]#[N+]c1cnc2ccc(-c3cccnc3-c3cc(F)ccn3)nn12. The summed E-state index contributed by atoms with van der Waals surface area (Å²) in [6.45, 7) is 7.18. The van der Waals surface area contributed by atoms with Crippen molar-refractivity contribution in [3.05, 3.63) is 72.2 Å². The van der Waals surface area contributed by atoms with Crippen LogP contribution in [0, 0.1) is 12.4 Å². The molecule has 0 saturated heterocycles. The van der Waals surface area contributed by atoms with E-state index in [1.807, 2.05) is 6.07 Å². The van der Waals surface area contributed by atoms with Gasteiger partial charge in [-0.3, -0.25) is 9.97 Å². The van der Waals surface area contributed by atoms with E-state index in [2.05, 4.69) is 24.9 Å². The Bertz CT molecular complexity index is 1100. The number of imidazole rings is 1. The van der Waals surface area contributed by atoms with Gasteiger partial charge in [-0.25, -0.2) is 9.37 Å². The second kappa shape index (κ2) is 5.52. The third-order valence-corrected chi connectivity index (χ3v) is 3.51. The van der Waals surface area contributed by atoms with Crippen LogP contribution in [-0.4, -0.2) is 24.6 Å². The quantitative estimate of drug-likeness (QED) is 0.531. The highest BCUT2D eigenvalue weighted by Gasteiger charge is 2.14. The van der Waals surface area contributed by atoms with Crippen molar-refractivity contribution in [2.45, 2.75) is 0 Å². The maximum Gasteiger partial charge on any atom is 0.275 e. The van der Waals surface area contributed by atoms with Crippen molar-refractivity contribution in [3.8, 4) is 22.6 Å². The molecule has 0 radical (unpaired) electrons. The van der Waals surface area contributed by atoms with Gasteiger partial charge in [0.25, 0.3) is 5.82 Å². The van der Waals surface area contributed by atoms with Crippen molar-refractivity contribution in [1.82, 2.24) is 24.6 Å². The van der Waals surface area contributed by atoms with Crippen LogP contribution in [0.4, 0.5) is 10.2 Å². The van der Waals surface area contributed by atoms with Gasteiger partial charge in [-0.05, 0) is 24.3 Å². The third kappa shape index (κ3) is 2.27. The molecule has 24 heavy (non-hydrogen) atoms. The van der Waals surface area contributed by atoms with E-state index >= 15 is 0 Å². The Morgan fingerprint density at radius 1 is 1.00 bits per heavy atom. The third-order valence-electron chi connectivity index (χ3n) is 3.51. The predicted octanol–water partition coefficient (Wildman–Crippen LogP) is 3.54. The average Bonchev–Trinajstić information content (AvgIpc) is 3.04. The van der Waals surface area contributed by atoms with Crippen molar-refractivity contribution in [3.63, 3.8) is 0 Å². The molecule has 0 saturated carbocycles. The minimum atomic E-state index is -0.384. The smallest absolute Gasteiger partial charge is 0.275 e. The zero-order chi connectivity index (χ0) is 16.5. The number of halogens is 1. The number of pyridine rings is 2. The van der Waals surface area contributed by atoms with Crippen LogP contribution in [-0.2, 0) is 0 Å². The van der Waals surface area contributed by atoms with Crippen molar-refractivity contribution in [1.29, 1.82) is 0 Å². The molecule has 4 aromatic rings. The van der Waals surface area contributed by atoms with E-state index < -0.39 is 0 Å². The number of hydrogen-bond acceptors (Lipinski definition) is 4. The maximum absolute atomic E-state index is 13.5. The van der Waals surface area contributed by atoms with Gasteiger partial charge in [0.2, 0.25) is 5.65 Å². The molecule has 114 valence electrons. The normalized spacial score (nSPS) is 10.7. The molecule has 0 aliphatic heterocycles. The van der Waals surface area contributed by atoms with Crippen LogP contribution in [0.3, 0.4) is 0 Å². The molecule has 0 atom stereocenters. The molecule has 0 amide bonds. The molecule has 0 fully saturated rings. The van der Waals surface area contributed by atoms with Gasteiger partial charge in [0.05, 0.1) is 17.6 Å². The second-order valence-corrected chi connectivity index (χ2v) is 4.98. The monoisotopic (exact) mass is 316 g/mol. The Morgan fingerprint density at radius 3 is 2.75 bits per heavy atom. The molecular formula is C17H9FN6. The molecule has 4 rings (SSSR count). The highest BCUT2D eigenvalue weighted by molar-refractivity contribution is 5.77. The molecule has 0 bridgehead atoms. The van der Waals surface area contributed by atoms with E-state index in [1.54, 1.807) is 24.4 Å². The van der Waals surface area contributed by atoms with Gasteiger partial charge in [0.1, 0.15) is 11.5 Å². The van der Waals surface area contributed by atoms with Crippen molar-refractivity contribution in [2.75, 3.05) is 0 Å². The fourth-order valence-electron chi connectivity index (χ4n) is 2.43.